The summed E-state index contributed by atoms with van der Waals surface area (Å²) in [6, 6.07) is 61.4. The van der Waals surface area contributed by atoms with Crippen LogP contribution in [0.2, 0.25) is 0 Å². The van der Waals surface area contributed by atoms with Gasteiger partial charge in [0, 0.05) is 31.4 Å². The average molecular weight is 629 g/mol. The van der Waals surface area contributed by atoms with Crippen LogP contribution in [0.3, 0.4) is 0 Å². The number of imidazole rings is 1. The van der Waals surface area contributed by atoms with E-state index >= 15 is 0 Å². The molecule has 2 aromatic heterocycles. The fourth-order valence-corrected chi connectivity index (χ4v) is 8.54. The highest BCUT2D eigenvalue weighted by Crippen LogP contribution is 2.47. The minimum absolute atomic E-state index is 0.946. The second kappa shape index (κ2) is 10.8. The van der Waals surface area contributed by atoms with E-state index in [9.17, 15) is 0 Å². The lowest BCUT2D eigenvalue weighted by Gasteiger charge is -2.19. The number of thiophene rings is 1. The van der Waals surface area contributed by atoms with Crippen molar-refractivity contribution in [3.63, 3.8) is 0 Å². The lowest BCUT2D eigenvalue weighted by Crippen LogP contribution is -1.99. The maximum Gasteiger partial charge on any atom is 0.146 e. The van der Waals surface area contributed by atoms with E-state index in [-0.39, 0.29) is 0 Å². The molecular formula is C45H28N2S. The Balaban J connectivity index is 1.36. The van der Waals surface area contributed by atoms with Gasteiger partial charge in [-0.15, -0.1) is 11.3 Å². The average Bonchev–Trinajstić information content (AvgIpc) is 3.72. The standard InChI is InChI=1S/C45H28N2S/c1-3-13-29(14-4-1)30-23-25-36-38(27-30)43(31-24-26-42-37(28-31)33-17-9-12-22-41(33)48-42)34-18-7-8-19-35(34)44(36)45-46-39-20-10-11-21-40(39)47(45)32-15-5-2-6-16-32/h1-28H. The molecule has 0 fully saturated rings. The molecule has 0 aliphatic carbocycles. The Morgan fingerprint density at radius 2 is 1.00 bits per heavy atom. The number of fused-ring (bicyclic) bond motifs is 6. The molecule has 10 aromatic rings. The Bertz CT molecular complexity index is 2830. The second-order valence-corrected chi connectivity index (χ2v) is 13.4. The van der Waals surface area contributed by atoms with E-state index in [0.717, 1.165) is 28.1 Å². The Hall–Kier alpha value is -6.03. The summed E-state index contributed by atoms with van der Waals surface area (Å²) in [4.78, 5) is 5.38. The molecular weight excluding hydrogens is 601 g/mol. The molecule has 224 valence electrons. The third-order valence-corrected chi connectivity index (χ3v) is 10.7. The molecule has 0 aliphatic heterocycles. The zero-order valence-electron chi connectivity index (χ0n) is 26.0. The first kappa shape index (κ1) is 27.1. The van der Waals surface area contributed by atoms with Crippen LogP contribution in [0.25, 0.3) is 92.1 Å². The van der Waals surface area contributed by atoms with Gasteiger partial charge in [0.2, 0.25) is 0 Å². The molecule has 0 saturated heterocycles. The Morgan fingerprint density at radius 3 is 1.83 bits per heavy atom. The molecule has 48 heavy (non-hydrogen) atoms. The molecule has 0 aliphatic rings. The van der Waals surface area contributed by atoms with Crippen molar-refractivity contribution in [1.82, 2.24) is 9.55 Å². The van der Waals surface area contributed by atoms with Crippen molar-refractivity contribution in [3.8, 4) is 39.3 Å². The zero-order valence-corrected chi connectivity index (χ0v) is 26.8. The molecule has 0 spiro atoms. The third kappa shape index (κ3) is 4.15. The van der Waals surface area contributed by atoms with Crippen LogP contribution in [0.4, 0.5) is 0 Å². The van der Waals surface area contributed by atoms with Crippen LogP contribution in [0, 0.1) is 0 Å². The largest absolute Gasteiger partial charge is 0.292 e. The van der Waals surface area contributed by atoms with E-state index in [0.29, 0.717) is 0 Å². The molecule has 0 radical (unpaired) electrons. The molecule has 0 bridgehead atoms. The van der Waals surface area contributed by atoms with Crippen LogP contribution in [-0.4, -0.2) is 9.55 Å². The van der Waals surface area contributed by atoms with Gasteiger partial charge in [-0.2, -0.15) is 0 Å². The van der Waals surface area contributed by atoms with E-state index in [1.807, 2.05) is 11.3 Å². The highest BCUT2D eigenvalue weighted by atomic mass is 32.1. The number of hydrogen-bond acceptors (Lipinski definition) is 2. The lowest BCUT2D eigenvalue weighted by atomic mass is 9.86. The Labute approximate surface area is 281 Å². The van der Waals surface area contributed by atoms with Crippen molar-refractivity contribution in [1.29, 1.82) is 0 Å². The predicted octanol–water partition coefficient (Wildman–Crippen LogP) is 12.7. The minimum atomic E-state index is 0.946. The summed E-state index contributed by atoms with van der Waals surface area (Å²) in [5.41, 5.74) is 9.19. The van der Waals surface area contributed by atoms with Crippen LogP contribution >= 0.6 is 11.3 Å². The van der Waals surface area contributed by atoms with Crippen LogP contribution in [0.15, 0.2) is 170 Å². The number of benzene rings is 8. The van der Waals surface area contributed by atoms with E-state index in [2.05, 4.69) is 174 Å². The smallest absolute Gasteiger partial charge is 0.146 e. The molecule has 2 heterocycles. The van der Waals surface area contributed by atoms with Crippen LogP contribution in [-0.2, 0) is 0 Å². The van der Waals surface area contributed by atoms with E-state index in [1.165, 1.54) is 64.0 Å². The molecule has 8 aromatic carbocycles. The van der Waals surface area contributed by atoms with Gasteiger partial charge in [-0.05, 0) is 92.3 Å². The van der Waals surface area contributed by atoms with Crippen molar-refractivity contribution >= 4 is 64.1 Å². The van der Waals surface area contributed by atoms with Gasteiger partial charge < -0.3 is 0 Å². The molecule has 0 unspecified atom stereocenters. The van der Waals surface area contributed by atoms with E-state index in [4.69, 9.17) is 4.98 Å². The molecule has 0 amide bonds. The number of para-hydroxylation sites is 3. The predicted molar refractivity (Wildman–Crippen MR) is 205 cm³/mol. The fourth-order valence-electron chi connectivity index (χ4n) is 7.45. The summed E-state index contributed by atoms with van der Waals surface area (Å²) < 4.78 is 4.96. The highest BCUT2D eigenvalue weighted by Gasteiger charge is 2.23. The summed E-state index contributed by atoms with van der Waals surface area (Å²) >= 11 is 1.86. The first-order valence-electron chi connectivity index (χ1n) is 16.3. The molecule has 0 saturated carbocycles. The van der Waals surface area contributed by atoms with Gasteiger partial charge in [-0.1, -0.05) is 121 Å². The normalized spacial score (nSPS) is 11.8. The van der Waals surface area contributed by atoms with Crippen molar-refractivity contribution < 1.29 is 0 Å². The number of aromatic nitrogens is 2. The first-order chi connectivity index (χ1) is 23.8. The lowest BCUT2D eigenvalue weighted by molar-refractivity contribution is 1.11. The van der Waals surface area contributed by atoms with Crippen LogP contribution < -0.4 is 0 Å². The molecule has 10 rings (SSSR count). The second-order valence-electron chi connectivity index (χ2n) is 12.3. The van der Waals surface area contributed by atoms with Gasteiger partial charge in [0.1, 0.15) is 5.82 Å². The summed E-state index contributed by atoms with van der Waals surface area (Å²) in [7, 11) is 0. The zero-order chi connectivity index (χ0) is 31.6. The SMILES string of the molecule is c1ccc(-c2ccc3c(-c4nc5ccccc5n4-c4ccccc4)c4ccccc4c(-c4ccc5sc6ccccc6c5c4)c3c2)cc1. The first-order valence-corrected chi connectivity index (χ1v) is 17.1. The third-order valence-electron chi connectivity index (χ3n) is 9.60. The van der Waals surface area contributed by atoms with Gasteiger partial charge in [0.25, 0.3) is 0 Å². The van der Waals surface area contributed by atoms with Crippen molar-refractivity contribution in [3.05, 3.63) is 170 Å². The van der Waals surface area contributed by atoms with Gasteiger partial charge in [-0.3, -0.25) is 4.57 Å². The number of rotatable bonds is 4. The van der Waals surface area contributed by atoms with Crippen LogP contribution in [0.5, 0.6) is 0 Å². The van der Waals surface area contributed by atoms with Crippen molar-refractivity contribution in [2.24, 2.45) is 0 Å². The van der Waals surface area contributed by atoms with Gasteiger partial charge >= 0.3 is 0 Å². The van der Waals surface area contributed by atoms with E-state index < -0.39 is 0 Å². The topological polar surface area (TPSA) is 17.8 Å². The fraction of sp³-hybridized carbons (Fsp3) is 0. The molecule has 3 heteroatoms. The molecule has 0 N–H and O–H groups in total. The number of nitrogens with zero attached hydrogens (tertiary/aromatic N) is 2. The van der Waals surface area contributed by atoms with Crippen LogP contribution in [0.1, 0.15) is 0 Å². The summed E-state index contributed by atoms with van der Waals surface area (Å²) in [6.45, 7) is 0. The molecule has 2 nitrogen and oxygen atoms in total. The van der Waals surface area contributed by atoms with Gasteiger partial charge in [0.05, 0.1) is 11.0 Å². The summed E-state index contributed by atoms with van der Waals surface area (Å²) in [6.07, 6.45) is 0. The van der Waals surface area contributed by atoms with Crippen molar-refractivity contribution in [2.75, 3.05) is 0 Å². The van der Waals surface area contributed by atoms with Gasteiger partial charge in [0.15, 0.2) is 0 Å². The highest BCUT2D eigenvalue weighted by molar-refractivity contribution is 7.25. The Morgan fingerprint density at radius 1 is 0.396 bits per heavy atom. The Kier molecular flexibility index (Phi) is 6.08. The summed E-state index contributed by atoms with van der Waals surface area (Å²) in [5.74, 6) is 0.946. The van der Waals surface area contributed by atoms with Gasteiger partial charge in [-0.25, -0.2) is 4.98 Å². The maximum atomic E-state index is 5.38. The number of hydrogen-bond donors (Lipinski definition) is 0. The summed E-state index contributed by atoms with van der Waals surface area (Å²) in [5, 5.41) is 7.43. The monoisotopic (exact) mass is 628 g/mol. The van der Waals surface area contributed by atoms with Crippen molar-refractivity contribution in [2.45, 2.75) is 0 Å². The maximum absolute atomic E-state index is 5.38. The molecule has 0 atom stereocenters. The minimum Gasteiger partial charge on any atom is -0.292 e. The quantitative estimate of drug-likeness (QED) is 0.177. The van der Waals surface area contributed by atoms with E-state index in [1.54, 1.807) is 0 Å².